The molecule has 17 heteroatoms. The second kappa shape index (κ2) is 12.3. The lowest BCUT2D eigenvalue weighted by Gasteiger charge is -2.51. The molecule has 2 aromatic carbocycles. The van der Waals surface area contributed by atoms with Gasteiger partial charge in [0.15, 0.2) is 12.1 Å². The summed E-state index contributed by atoms with van der Waals surface area (Å²) in [5.41, 5.74) is 2.22. The quantitative estimate of drug-likeness (QED) is 0.0878. The third kappa shape index (κ3) is 5.73. The van der Waals surface area contributed by atoms with Crippen molar-refractivity contribution in [1.82, 2.24) is 50.4 Å². The number of ether oxygens (including phenoxy) is 1. The van der Waals surface area contributed by atoms with Crippen LogP contribution in [0.15, 0.2) is 83.4 Å². The lowest BCUT2D eigenvalue weighted by atomic mass is 10.0. The normalized spacial score (nSPS) is 17.9. The molecule has 15 nitrogen and oxygen atoms in total. The zero-order chi connectivity index (χ0) is 29.9. The first kappa shape index (κ1) is 28.5. The van der Waals surface area contributed by atoms with Crippen LogP contribution in [0, 0.1) is 0 Å². The van der Waals surface area contributed by atoms with Crippen molar-refractivity contribution >= 4 is 41.3 Å². The summed E-state index contributed by atoms with van der Waals surface area (Å²) in [6.07, 6.45) is 0.478. The average molecular weight is 621 g/mol. The van der Waals surface area contributed by atoms with Gasteiger partial charge in [0.25, 0.3) is 11.8 Å². The largest absolute Gasteiger partial charge is 0.448 e. The van der Waals surface area contributed by atoms with Gasteiger partial charge in [-0.15, -0.1) is 22.0 Å². The molecule has 220 valence electrons. The number of carbonyl (C=O) groups is 3. The van der Waals surface area contributed by atoms with E-state index in [0.29, 0.717) is 27.3 Å². The minimum absolute atomic E-state index is 0.0748. The maximum absolute atomic E-state index is 14.0. The molecule has 1 N–H and O–H groups in total. The summed E-state index contributed by atoms with van der Waals surface area (Å²) < 4.78 is 8.78. The summed E-state index contributed by atoms with van der Waals surface area (Å²) in [5.74, 6) is -1.45. The number of nitrogens with zero attached hydrogens (tertiary/aromatic N) is 10. The molecular weight excluding hydrogens is 596 g/mol. The van der Waals surface area contributed by atoms with Crippen LogP contribution in [-0.2, 0) is 32.7 Å². The van der Waals surface area contributed by atoms with E-state index in [9.17, 15) is 19.6 Å². The fourth-order valence-electron chi connectivity index (χ4n) is 4.72. The number of hydrogen-bond acceptors (Lipinski definition) is 13. The molecule has 43 heavy (non-hydrogen) atoms. The second-order valence-corrected chi connectivity index (χ2v) is 11.6. The molecule has 1 fully saturated rings. The van der Waals surface area contributed by atoms with Crippen molar-refractivity contribution in [3.63, 3.8) is 0 Å². The predicted octanol–water partition coefficient (Wildman–Crippen LogP) is 1.08. The number of tetrazole rings is 2. The number of thioether (sulfide) groups is 2. The van der Waals surface area contributed by atoms with E-state index in [4.69, 9.17) is 4.74 Å². The molecule has 2 aliphatic rings. The van der Waals surface area contributed by atoms with Gasteiger partial charge in [0.05, 0.1) is 0 Å². The number of carbonyl (C=O) groups excluding carboxylic acids is 3. The van der Waals surface area contributed by atoms with Crippen molar-refractivity contribution in [3.05, 3.63) is 89.4 Å². The first-order chi connectivity index (χ1) is 20.9. The van der Waals surface area contributed by atoms with E-state index in [0.717, 1.165) is 15.8 Å². The molecule has 6 rings (SSSR count). The Morgan fingerprint density at radius 1 is 1.09 bits per heavy atom. The number of esters is 1. The number of fused-ring (bicyclic) bond motifs is 1. The highest BCUT2D eigenvalue weighted by molar-refractivity contribution is 8.01. The molecule has 1 unspecified atom stereocenters. The molecule has 0 radical (unpaired) electrons. The Kier molecular flexibility index (Phi) is 8.17. The highest BCUT2D eigenvalue weighted by atomic mass is 32.2. The van der Waals surface area contributed by atoms with Crippen LogP contribution < -0.4 is 0 Å². The Morgan fingerprint density at radius 3 is 2.40 bits per heavy atom. The number of hydrogen-bond donors (Lipinski definition) is 1. The fourth-order valence-corrected chi connectivity index (χ4v) is 7.09. The summed E-state index contributed by atoms with van der Waals surface area (Å²) in [6.45, 7) is -0.362. The van der Waals surface area contributed by atoms with Crippen molar-refractivity contribution < 1.29 is 24.3 Å². The summed E-state index contributed by atoms with van der Waals surface area (Å²) in [5, 5.41) is 33.0. The summed E-state index contributed by atoms with van der Waals surface area (Å²) in [4.78, 5) is 41.6. The Morgan fingerprint density at radius 2 is 1.79 bits per heavy atom. The smallest absolute Gasteiger partial charge is 0.356 e. The van der Waals surface area contributed by atoms with Crippen LogP contribution in [0.5, 0.6) is 0 Å². The van der Waals surface area contributed by atoms with Crippen LogP contribution in [0.25, 0.3) is 0 Å². The molecule has 2 aromatic heterocycles. The van der Waals surface area contributed by atoms with Crippen LogP contribution in [0.1, 0.15) is 17.2 Å². The van der Waals surface area contributed by atoms with Crippen molar-refractivity contribution in [2.24, 2.45) is 7.05 Å². The highest BCUT2D eigenvalue weighted by Crippen LogP contribution is 2.44. The first-order valence-corrected chi connectivity index (χ1v) is 15.0. The van der Waals surface area contributed by atoms with Gasteiger partial charge in [-0.25, -0.2) is 19.2 Å². The van der Waals surface area contributed by atoms with Crippen LogP contribution >= 0.6 is 23.5 Å². The van der Waals surface area contributed by atoms with Crippen molar-refractivity contribution in [2.75, 3.05) is 11.5 Å². The third-order valence-electron chi connectivity index (χ3n) is 6.81. The zero-order valence-corrected chi connectivity index (χ0v) is 24.2. The number of β-lactam (4-membered cyclic amide) rings is 1. The lowest BCUT2D eigenvalue weighted by molar-refractivity contribution is -0.198. The van der Waals surface area contributed by atoms with Crippen molar-refractivity contribution in [3.8, 4) is 0 Å². The minimum Gasteiger partial charge on any atom is -0.448 e. The van der Waals surface area contributed by atoms with Gasteiger partial charge < -0.3 is 4.74 Å². The predicted molar refractivity (Wildman–Crippen MR) is 151 cm³/mol. The maximum atomic E-state index is 14.0. The number of aryl methyl sites for hydroxylation is 1. The van der Waals surface area contributed by atoms with Gasteiger partial charge in [0.2, 0.25) is 5.16 Å². The summed E-state index contributed by atoms with van der Waals surface area (Å²) in [6, 6.07) is 17.4. The standard InChI is InChI=1S/C26H24N10O5S2/c1-33-26(28-30-31-33)43-14-18-13-42-24-21(36(40)19(37)12-34-15-27-29-32-34)23(38)35(24)20(18)25(39)41-22(16-8-4-2-5-9-16)17-10-6-3-7-11-17/h2-11,15,21-22,24,40H,12-14H2,1H3/t21?,24-/m0/s1. The van der Waals surface area contributed by atoms with E-state index in [-0.39, 0.29) is 12.2 Å². The van der Waals surface area contributed by atoms with Gasteiger partial charge >= 0.3 is 5.97 Å². The lowest BCUT2D eigenvalue weighted by Crippen LogP contribution is -2.71. The molecular formula is C26H24N10O5S2. The minimum atomic E-state index is -1.20. The van der Waals surface area contributed by atoms with Gasteiger partial charge in [0.1, 0.15) is 23.9 Å². The number of rotatable bonds is 10. The Bertz CT molecular complexity index is 1610. The zero-order valence-electron chi connectivity index (χ0n) is 22.6. The molecule has 0 aliphatic carbocycles. The molecule has 0 spiro atoms. The Hall–Kier alpha value is -4.61. The first-order valence-electron chi connectivity index (χ1n) is 13.0. The maximum Gasteiger partial charge on any atom is 0.356 e. The molecule has 2 amide bonds. The van der Waals surface area contributed by atoms with E-state index in [1.54, 1.807) is 7.05 Å². The second-order valence-electron chi connectivity index (χ2n) is 9.53. The van der Waals surface area contributed by atoms with Crippen molar-refractivity contribution in [2.45, 2.75) is 29.2 Å². The summed E-state index contributed by atoms with van der Waals surface area (Å²) >= 11 is 2.64. The monoisotopic (exact) mass is 620 g/mol. The van der Waals surface area contributed by atoms with Gasteiger partial charge in [-0.3, -0.25) is 19.7 Å². The SMILES string of the molecule is Cn1nnnc1SCC1=C(C(=O)OC(c2ccccc2)c2ccccc2)N2C(=O)C(N(O)C(=O)Cn3cnnn3)[C@@H]2SC1. The number of benzene rings is 2. The average Bonchev–Trinajstić information content (AvgIpc) is 3.70. The van der Waals surface area contributed by atoms with Gasteiger partial charge in [0, 0.05) is 18.6 Å². The third-order valence-corrected chi connectivity index (χ3v) is 9.23. The van der Waals surface area contributed by atoms with Gasteiger partial charge in [-0.2, -0.15) is 0 Å². The summed E-state index contributed by atoms with van der Waals surface area (Å²) in [7, 11) is 1.70. The Labute approximate surface area is 252 Å². The molecule has 2 aliphatic heterocycles. The van der Waals surface area contributed by atoms with Crippen LogP contribution in [0.3, 0.4) is 0 Å². The number of amides is 2. The van der Waals surface area contributed by atoms with E-state index >= 15 is 0 Å². The molecule has 4 aromatic rings. The topological polar surface area (TPSA) is 174 Å². The molecule has 0 bridgehead atoms. The number of hydroxylamine groups is 2. The van der Waals surface area contributed by atoms with Crippen LogP contribution in [0.2, 0.25) is 0 Å². The molecule has 4 heterocycles. The van der Waals surface area contributed by atoms with Crippen molar-refractivity contribution in [1.29, 1.82) is 0 Å². The van der Waals surface area contributed by atoms with Gasteiger partial charge in [-0.1, -0.05) is 72.4 Å². The van der Waals surface area contributed by atoms with E-state index in [1.807, 2.05) is 60.7 Å². The van der Waals surface area contributed by atoms with Crippen LogP contribution in [0.4, 0.5) is 0 Å². The molecule has 1 saturated heterocycles. The number of aromatic nitrogens is 8. The molecule has 0 saturated carbocycles. The highest BCUT2D eigenvalue weighted by Gasteiger charge is 2.57. The van der Waals surface area contributed by atoms with Crippen LogP contribution in [-0.4, -0.2) is 96.3 Å². The molecule has 2 atom stereocenters. The van der Waals surface area contributed by atoms with E-state index in [1.165, 1.54) is 39.4 Å². The van der Waals surface area contributed by atoms with E-state index in [2.05, 4.69) is 31.1 Å². The van der Waals surface area contributed by atoms with Gasteiger partial charge in [-0.05, 0) is 37.6 Å². The fraction of sp³-hybridized carbons (Fsp3) is 0.269. The Balaban J connectivity index is 1.29. The van der Waals surface area contributed by atoms with E-state index < -0.39 is 35.3 Å².